The minimum absolute atomic E-state index is 0.0640. The van der Waals surface area contributed by atoms with Crippen molar-refractivity contribution >= 4 is 34.6 Å². The van der Waals surface area contributed by atoms with Crippen LogP contribution in [0.2, 0.25) is 0 Å². The molecule has 0 aromatic heterocycles. The summed E-state index contributed by atoms with van der Waals surface area (Å²) in [6.45, 7) is 5.28. The van der Waals surface area contributed by atoms with Crippen molar-refractivity contribution in [1.29, 1.82) is 0 Å². The maximum absolute atomic E-state index is 12.7. The van der Waals surface area contributed by atoms with E-state index in [2.05, 4.69) is 11.9 Å². The van der Waals surface area contributed by atoms with Crippen molar-refractivity contribution in [1.82, 2.24) is 4.90 Å². The third kappa shape index (κ3) is 5.41. The number of hydrogen-bond acceptors (Lipinski definition) is 5. The molecule has 1 amide bonds. The Morgan fingerprint density at radius 2 is 1.86 bits per heavy atom. The third-order valence-corrected chi connectivity index (χ3v) is 5.37. The summed E-state index contributed by atoms with van der Waals surface area (Å²) in [5.74, 6) is 1.36. The van der Waals surface area contributed by atoms with Gasteiger partial charge in [0.2, 0.25) is 0 Å². The first-order chi connectivity index (χ1) is 14.1. The lowest BCUT2D eigenvalue weighted by atomic mass is 10.2. The molecule has 1 aliphatic heterocycles. The lowest BCUT2D eigenvalue weighted by Gasteiger charge is -2.12. The Kier molecular flexibility index (Phi) is 7.36. The molecule has 0 aliphatic carbocycles. The average molecular weight is 411 g/mol. The molecular formula is C23H26N2O3S. The largest absolute Gasteiger partial charge is 0.490 e. The fourth-order valence-electron chi connectivity index (χ4n) is 2.74. The van der Waals surface area contributed by atoms with Gasteiger partial charge in [-0.3, -0.25) is 9.69 Å². The summed E-state index contributed by atoms with van der Waals surface area (Å²) >= 11 is 1.37. The van der Waals surface area contributed by atoms with E-state index in [0.717, 1.165) is 29.8 Å². The van der Waals surface area contributed by atoms with Gasteiger partial charge in [-0.2, -0.15) is 0 Å². The average Bonchev–Trinajstić information content (AvgIpc) is 2.98. The van der Waals surface area contributed by atoms with Gasteiger partial charge in [0.25, 0.3) is 5.91 Å². The van der Waals surface area contributed by atoms with E-state index in [9.17, 15) is 4.79 Å². The number of ether oxygens (including phenoxy) is 2. The van der Waals surface area contributed by atoms with Gasteiger partial charge in [-0.25, -0.2) is 4.99 Å². The summed E-state index contributed by atoms with van der Waals surface area (Å²) in [6, 6.07) is 15.4. The number of carbonyl (C=O) groups excluding carboxylic acids is 1. The van der Waals surface area contributed by atoms with Crippen LogP contribution in [0.15, 0.2) is 58.4 Å². The Hall–Kier alpha value is -2.73. The zero-order valence-electron chi connectivity index (χ0n) is 17.1. The lowest BCUT2D eigenvalue weighted by molar-refractivity contribution is -0.121. The maximum atomic E-state index is 12.7. The molecule has 0 bridgehead atoms. The summed E-state index contributed by atoms with van der Waals surface area (Å²) in [6.07, 6.45) is 3.95. The summed E-state index contributed by atoms with van der Waals surface area (Å²) in [4.78, 5) is 19.5. The Balaban J connectivity index is 1.82. The summed E-state index contributed by atoms with van der Waals surface area (Å²) in [5, 5.41) is 0.664. The van der Waals surface area contributed by atoms with Crippen molar-refractivity contribution in [3.63, 3.8) is 0 Å². The van der Waals surface area contributed by atoms with Crippen LogP contribution in [0.3, 0.4) is 0 Å². The molecule has 152 valence electrons. The first-order valence-electron chi connectivity index (χ1n) is 9.83. The zero-order valence-corrected chi connectivity index (χ0v) is 17.9. The number of likely N-dealkylation sites (N-methyl/N-ethyl adjacent to an activating group) is 1. The monoisotopic (exact) mass is 410 g/mol. The summed E-state index contributed by atoms with van der Waals surface area (Å²) in [7, 11) is 1.74. The van der Waals surface area contributed by atoms with Crippen molar-refractivity contribution in [2.75, 3.05) is 20.3 Å². The van der Waals surface area contributed by atoms with Gasteiger partial charge < -0.3 is 9.47 Å². The first-order valence-corrected chi connectivity index (χ1v) is 10.6. The molecule has 1 fully saturated rings. The molecule has 1 saturated heterocycles. The van der Waals surface area contributed by atoms with E-state index in [1.54, 1.807) is 11.9 Å². The highest BCUT2D eigenvalue weighted by molar-refractivity contribution is 8.18. The highest BCUT2D eigenvalue weighted by atomic mass is 32.2. The lowest BCUT2D eigenvalue weighted by Crippen LogP contribution is -2.23. The molecule has 3 rings (SSSR count). The Morgan fingerprint density at radius 1 is 1.07 bits per heavy atom. The number of unbranched alkanes of at least 4 members (excludes halogenated alkanes) is 1. The number of amides is 1. The molecule has 0 atom stereocenters. The Morgan fingerprint density at radius 3 is 2.59 bits per heavy atom. The van der Waals surface area contributed by atoms with Crippen LogP contribution in [0.5, 0.6) is 11.5 Å². The SMILES string of the molecule is CCCCOc1ccc(/C=C2/SC(=Nc3ccccc3)N(C)C2=O)cc1OCC. The molecule has 1 aliphatic rings. The van der Waals surface area contributed by atoms with Gasteiger partial charge in [-0.15, -0.1) is 0 Å². The maximum Gasteiger partial charge on any atom is 0.266 e. The van der Waals surface area contributed by atoms with E-state index < -0.39 is 0 Å². The van der Waals surface area contributed by atoms with Gasteiger partial charge in [0, 0.05) is 7.05 Å². The van der Waals surface area contributed by atoms with Crippen LogP contribution >= 0.6 is 11.8 Å². The molecule has 29 heavy (non-hydrogen) atoms. The first kappa shape index (κ1) is 21.0. The molecule has 1 heterocycles. The van der Waals surface area contributed by atoms with E-state index in [-0.39, 0.29) is 5.91 Å². The molecular weight excluding hydrogens is 384 g/mol. The number of aliphatic imine (C=N–C) groups is 1. The number of rotatable bonds is 8. The number of carbonyl (C=O) groups is 1. The van der Waals surface area contributed by atoms with Gasteiger partial charge >= 0.3 is 0 Å². The highest BCUT2D eigenvalue weighted by Gasteiger charge is 2.30. The van der Waals surface area contributed by atoms with Gasteiger partial charge in [-0.1, -0.05) is 37.6 Å². The number of amidine groups is 1. The van der Waals surface area contributed by atoms with Crippen LogP contribution in [0.4, 0.5) is 5.69 Å². The van der Waals surface area contributed by atoms with Crippen LogP contribution in [0.1, 0.15) is 32.3 Å². The van der Waals surface area contributed by atoms with E-state index in [4.69, 9.17) is 9.47 Å². The van der Waals surface area contributed by atoms with Crippen molar-refractivity contribution in [2.24, 2.45) is 4.99 Å². The summed E-state index contributed by atoms with van der Waals surface area (Å²) in [5.41, 5.74) is 1.71. The van der Waals surface area contributed by atoms with Gasteiger partial charge in [-0.05, 0) is 61.0 Å². The van der Waals surface area contributed by atoms with Crippen molar-refractivity contribution in [3.05, 3.63) is 59.0 Å². The minimum atomic E-state index is -0.0640. The number of hydrogen-bond donors (Lipinski definition) is 0. The van der Waals surface area contributed by atoms with Crippen LogP contribution in [-0.2, 0) is 4.79 Å². The number of benzene rings is 2. The smallest absolute Gasteiger partial charge is 0.266 e. The topological polar surface area (TPSA) is 51.1 Å². The summed E-state index contributed by atoms with van der Waals surface area (Å²) < 4.78 is 11.6. The molecule has 0 radical (unpaired) electrons. The zero-order chi connectivity index (χ0) is 20.6. The normalized spacial score (nSPS) is 16.7. The second-order valence-corrected chi connectivity index (χ2v) is 7.56. The molecule has 0 N–H and O–H groups in total. The number of nitrogens with zero attached hydrogens (tertiary/aromatic N) is 2. The van der Waals surface area contributed by atoms with Crippen LogP contribution in [0.25, 0.3) is 6.08 Å². The fraction of sp³-hybridized carbons (Fsp3) is 0.304. The van der Waals surface area contributed by atoms with Crippen molar-refractivity contribution in [2.45, 2.75) is 26.7 Å². The van der Waals surface area contributed by atoms with E-state index in [0.29, 0.717) is 29.0 Å². The highest BCUT2D eigenvalue weighted by Crippen LogP contribution is 2.35. The van der Waals surface area contributed by atoms with Crippen molar-refractivity contribution in [3.8, 4) is 11.5 Å². The third-order valence-electron chi connectivity index (χ3n) is 4.31. The number of para-hydroxylation sites is 1. The molecule has 2 aromatic rings. The second-order valence-electron chi connectivity index (χ2n) is 6.55. The van der Waals surface area contributed by atoms with Crippen LogP contribution in [-0.4, -0.2) is 36.2 Å². The quantitative estimate of drug-likeness (QED) is 0.426. The van der Waals surface area contributed by atoms with E-state index in [1.807, 2.05) is 61.5 Å². The molecule has 5 nitrogen and oxygen atoms in total. The standard InChI is InChI=1S/C23H26N2O3S/c1-4-6-14-28-19-13-12-17(15-20(19)27-5-2)16-21-22(26)25(3)23(29-21)24-18-10-8-7-9-11-18/h7-13,15-16H,4-6,14H2,1-3H3/b21-16+,24-23?. The molecule has 2 aromatic carbocycles. The Labute approximate surface area is 176 Å². The van der Waals surface area contributed by atoms with Crippen molar-refractivity contribution < 1.29 is 14.3 Å². The van der Waals surface area contributed by atoms with E-state index in [1.165, 1.54) is 11.8 Å². The van der Waals surface area contributed by atoms with Crippen LogP contribution < -0.4 is 9.47 Å². The Bertz CT molecular complexity index is 910. The van der Waals surface area contributed by atoms with Gasteiger partial charge in [0.15, 0.2) is 16.7 Å². The fourth-order valence-corrected chi connectivity index (χ4v) is 3.73. The molecule has 0 spiro atoms. The van der Waals surface area contributed by atoms with Gasteiger partial charge in [0.05, 0.1) is 23.8 Å². The predicted octanol–water partition coefficient (Wildman–Crippen LogP) is 5.50. The number of thioether (sulfide) groups is 1. The van der Waals surface area contributed by atoms with Gasteiger partial charge in [0.1, 0.15) is 0 Å². The second kappa shape index (κ2) is 10.2. The van der Waals surface area contributed by atoms with Crippen LogP contribution in [0, 0.1) is 0 Å². The molecule has 6 heteroatoms. The molecule has 0 saturated carbocycles. The molecule has 0 unspecified atom stereocenters. The minimum Gasteiger partial charge on any atom is -0.490 e. The predicted molar refractivity (Wildman–Crippen MR) is 120 cm³/mol. The van der Waals surface area contributed by atoms with E-state index >= 15 is 0 Å².